The number of carbonyl (C=O) groups excluding carboxylic acids is 1. The van der Waals surface area contributed by atoms with E-state index in [1.54, 1.807) is 0 Å². The number of nitrogens with zero attached hydrogens (tertiary/aromatic N) is 2. The molecule has 1 N–H and O–H groups in total. The third-order valence-corrected chi connectivity index (χ3v) is 3.90. The second-order valence-corrected chi connectivity index (χ2v) is 5.85. The summed E-state index contributed by atoms with van der Waals surface area (Å²) in [5.74, 6) is -3.15. The highest BCUT2D eigenvalue weighted by Crippen LogP contribution is 2.24. The molecule has 3 aromatic rings. The molecule has 2 heterocycles. The maximum atomic E-state index is 14.2. The summed E-state index contributed by atoms with van der Waals surface area (Å²) in [7, 11) is 1.47. The van der Waals surface area contributed by atoms with Crippen LogP contribution in [0.1, 0.15) is 27.7 Å². The number of pyridine rings is 2. The molecule has 0 aliphatic rings. The Morgan fingerprint density at radius 1 is 1.11 bits per heavy atom. The Labute approximate surface area is 152 Å². The normalized spacial score (nSPS) is 11.9. The molecule has 0 spiro atoms. The zero-order valence-corrected chi connectivity index (χ0v) is 14.1. The van der Waals surface area contributed by atoms with Crippen LogP contribution in [0.2, 0.25) is 0 Å². The van der Waals surface area contributed by atoms with Gasteiger partial charge in [0.15, 0.2) is 0 Å². The SMILES string of the molecule is Cn1cc(C(=O)N[C@@H](c2cc(F)cc(F)c2)c2ncccc2F)ccc1=O. The van der Waals surface area contributed by atoms with Gasteiger partial charge >= 0.3 is 0 Å². The topological polar surface area (TPSA) is 64.0 Å². The fourth-order valence-corrected chi connectivity index (χ4v) is 2.60. The van der Waals surface area contributed by atoms with E-state index < -0.39 is 29.4 Å². The van der Waals surface area contributed by atoms with E-state index in [1.807, 2.05) is 0 Å². The summed E-state index contributed by atoms with van der Waals surface area (Å²) in [5, 5.41) is 2.52. The van der Waals surface area contributed by atoms with E-state index in [4.69, 9.17) is 0 Å². The molecule has 0 saturated carbocycles. The number of rotatable bonds is 4. The van der Waals surface area contributed by atoms with Crippen molar-refractivity contribution in [2.45, 2.75) is 6.04 Å². The lowest BCUT2D eigenvalue weighted by molar-refractivity contribution is 0.0940. The van der Waals surface area contributed by atoms with Gasteiger partial charge in [-0.1, -0.05) is 0 Å². The molecule has 3 rings (SSSR count). The summed E-state index contributed by atoms with van der Waals surface area (Å²) in [4.78, 5) is 28.0. The van der Waals surface area contributed by atoms with Crippen molar-refractivity contribution in [2.75, 3.05) is 0 Å². The van der Waals surface area contributed by atoms with Crippen molar-refractivity contribution in [1.82, 2.24) is 14.9 Å². The predicted octanol–water partition coefficient (Wildman–Crippen LogP) is 2.72. The summed E-state index contributed by atoms with van der Waals surface area (Å²) < 4.78 is 42.8. The van der Waals surface area contributed by atoms with Crippen molar-refractivity contribution < 1.29 is 18.0 Å². The van der Waals surface area contributed by atoms with Crippen LogP contribution < -0.4 is 10.9 Å². The smallest absolute Gasteiger partial charge is 0.253 e. The van der Waals surface area contributed by atoms with Gasteiger partial charge in [-0.25, -0.2) is 13.2 Å². The first-order valence-electron chi connectivity index (χ1n) is 7.89. The Morgan fingerprint density at radius 2 is 1.81 bits per heavy atom. The molecule has 8 heteroatoms. The predicted molar refractivity (Wildman–Crippen MR) is 91.5 cm³/mol. The summed E-state index contributed by atoms with van der Waals surface area (Å²) in [5.41, 5.74) is -0.398. The Balaban J connectivity index is 2.04. The van der Waals surface area contributed by atoms with Gasteiger partial charge in [0.1, 0.15) is 23.1 Å². The number of hydrogen-bond acceptors (Lipinski definition) is 3. The Hall–Kier alpha value is -3.42. The molecule has 0 fully saturated rings. The highest BCUT2D eigenvalue weighted by Gasteiger charge is 2.23. The van der Waals surface area contributed by atoms with E-state index in [1.165, 1.54) is 42.2 Å². The van der Waals surface area contributed by atoms with Crippen molar-refractivity contribution in [3.8, 4) is 0 Å². The molecular formula is C19H14F3N3O2. The second-order valence-electron chi connectivity index (χ2n) is 5.85. The lowest BCUT2D eigenvalue weighted by atomic mass is 10.0. The van der Waals surface area contributed by atoms with Crippen LogP contribution in [0.25, 0.3) is 0 Å². The minimum Gasteiger partial charge on any atom is -0.339 e. The van der Waals surface area contributed by atoms with Gasteiger partial charge in [0, 0.05) is 31.6 Å². The van der Waals surface area contributed by atoms with Gasteiger partial charge in [-0.3, -0.25) is 14.6 Å². The van der Waals surface area contributed by atoms with Gasteiger partial charge in [0.2, 0.25) is 5.56 Å². The lowest BCUT2D eigenvalue weighted by Crippen LogP contribution is -2.31. The van der Waals surface area contributed by atoms with Crippen molar-refractivity contribution in [1.29, 1.82) is 0 Å². The fraction of sp³-hybridized carbons (Fsp3) is 0.105. The largest absolute Gasteiger partial charge is 0.339 e. The third-order valence-electron chi connectivity index (χ3n) is 3.90. The number of amides is 1. The Kier molecular flexibility index (Phi) is 5.07. The van der Waals surface area contributed by atoms with Crippen molar-refractivity contribution in [3.05, 3.63) is 99.5 Å². The van der Waals surface area contributed by atoms with Crippen LogP contribution in [0.4, 0.5) is 13.2 Å². The Bertz CT molecular complexity index is 1050. The summed E-state index contributed by atoms with van der Waals surface area (Å²) in [6.07, 6.45) is 2.61. The molecule has 1 aromatic carbocycles. The minimum absolute atomic E-state index is 0.0109. The van der Waals surface area contributed by atoms with Crippen molar-refractivity contribution in [3.63, 3.8) is 0 Å². The molecule has 2 aromatic heterocycles. The minimum atomic E-state index is -1.24. The van der Waals surface area contributed by atoms with E-state index in [0.29, 0.717) is 6.07 Å². The number of carbonyl (C=O) groups is 1. The van der Waals surface area contributed by atoms with Gasteiger partial charge in [-0.05, 0) is 35.9 Å². The maximum Gasteiger partial charge on any atom is 0.253 e. The van der Waals surface area contributed by atoms with Crippen LogP contribution in [0.3, 0.4) is 0 Å². The van der Waals surface area contributed by atoms with Crippen LogP contribution >= 0.6 is 0 Å². The van der Waals surface area contributed by atoms with Crippen LogP contribution in [-0.4, -0.2) is 15.5 Å². The number of benzene rings is 1. The first-order chi connectivity index (χ1) is 12.8. The van der Waals surface area contributed by atoms with Gasteiger partial charge in [0.25, 0.3) is 5.91 Å². The number of nitrogens with one attached hydrogen (secondary N) is 1. The molecule has 1 atom stereocenters. The quantitative estimate of drug-likeness (QED) is 0.765. The van der Waals surface area contributed by atoms with Gasteiger partial charge in [-0.2, -0.15) is 0 Å². The molecule has 5 nitrogen and oxygen atoms in total. The molecular weight excluding hydrogens is 359 g/mol. The number of halogens is 3. The zero-order chi connectivity index (χ0) is 19.6. The molecule has 0 radical (unpaired) electrons. The van der Waals surface area contributed by atoms with Crippen molar-refractivity contribution >= 4 is 5.91 Å². The first kappa shape index (κ1) is 18.4. The van der Waals surface area contributed by atoms with Crippen LogP contribution in [0.15, 0.2) is 59.7 Å². The molecule has 0 bridgehead atoms. The van der Waals surface area contributed by atoms with Crippen LogP contribution in [-0.2, 0) is 7.05 Å². The highest BCUT2D eigenvalue weighted by molar-refractivity contribution is 5.94. The van der Waals surface area contributed by atoms with E-state index in [2.05, 4.69) is 10.3 Å². The van der Waals surface area contributed by atoms with Gasteiger partial charge < -0.3 is 9.88 Å². The van der Waals surface area contributed by atoms with Crippen LogP contribution in [0, 0.1) is 17.5 Å². The molecule has 0 saturated heterocycles. The zero-order valence-electron chi connectivity index (χ0n) is 14.1. The van der Waals surface area contributed by atoms with Crippen LogP contribution in [0.5, 0.6) is 0 Å². The Morgan fingerprint density at radius 3 is 2.44 bits per heavy atom. The van der Waals surface area contributed by atoms with Gasteiger partial charge in [-0.15, -0.1) is 0 Å². The summed E-state index contributed by atoms with van der Waals surface area (Å²) in [6.45, 7) is 0. The molecule has 1 amide bonds. The molecule has 27 heavy (non-hydrogen) atoms. The summed E-state index contributed by atoms with van der Waals surface area (Å²) in [6, 6.07) is 6.40. The van der Waals surface area contributed by atoms with E-state index in [0.717, 1.165) is 18.2 Å². The lowest BCUT2D eigenvalue weighted by Gasteiger charge is -2.20. The number of aryl methyl sites for hydroxylation is 1. The average Bonchev–Trinajstić information content (AvgIpc) is 2.61. The average molecular weight is 373 g/mol. The third kappa shape index (κ3) is 4.05. The summed E-state index contributed by atoms with van der Waals surface area (Å²) >= 11 is 0. The molecule has 138 valence electrons. The van der Waals surface area contributed by atoms with Gasteiger partial charge in [0.05, 0.1) is 11.6 Å². The second kappa shape index (κ2) is 7.45. The standard InChI is InChI=1S/C19H14F3N3O2/c1-25-10-11(4-5-16(25)26)19(27)24-17(18-15(22)3-2-6-23-18)12-7-13(20)9-14(21)8-12/h2-10,17H,1H3,(H,24,27)/t17-/m0/s1. The van der Waals surface area contributed by atoms with E-state index >= 15 is 0 Å². The molecule has 0 aliphatic carbocycles. The van der Waals surface area contributed by atoms with E-state index in [9.17, 15) is 22.8 Å². The molecule has 0 unspecified atom stereocenters. The highest BCUT2D eigenvalue weighted by atomic mass is 19.1. The molecule has 0 aliphatic heterocycles. The number of hydrogen-bond donors (Lipinski definition) is 1. The monoisotopic (exact) mass is 373 g/mol. The first-order valence-corrected chi connectivity index (χ1v) is 7.89. The van der Waals surface area contributed by atoms with E-state index in [-0.39, 0.29) is 22.4 Å². The fourth-order valence-electron chi connectivity index (χ4n) is 2.60. The number of aromatic nitrogens is 2. The van der Waals surface area contributed by atoms with Crippen molar-refractivity contribution in [2.24, 2.45) is 7.05 Å². The maximum absolute atomic E-state index is 14.2.